The number of amides is 1. The lowest BCUT2D eigenvalue weighted by molar-refractivity contribution is -0.142. The number of carbonyl (C=O) groups excluding carboxylic acids is 1. The fourth-order valence-corrected chi connectivity index (χ4v) is 5.73. The first-order valence-electron chi connectivity index (χ1n) is 13.7. The summed E-state index contributed by atoms with van der Waals surface area (Å²) in [4.78, 5) is 13.8. The highest BCUT2D eigenvalue weighted by Crippen LogP contribution is 2.46. The Hall–Kier alpha value is -4.48. The Bertz CT molecular complexity index is 1580. The first-order chi connectivity index (χ1) is 20.6. The molecule has 2 heterocycles. The number of halogens is 3. The third-order valence-corrected chi connectivity index (χ3v) is 7.81. The van der Waals surface area contributed by atoms with Crippen LogP contribution in [0.5, 0.6) is 23.0 Å². The summed E-state index contributed by atoms with van der Waals surface area (Å²) < 4.78 is 62.8. The second-order valence-electron chi connectivity index (χ2n) is 10.4. The number of methoxy groups -OCH3 is 4. The van der Waals surface area contributed by atoms with Crippen LogP contribution in [0.4, 0.5) is 13.2 Å². The third kappa shape index (κ3) is 5.91. The topological polar surface area (TPSA) is 87.4 Å². The van der Waals surface area contributed by atoms with Gasteiger partial charge in [0.15, 0.2) is 28.7 Å². The number of hydrogen-bond donors (Lipinski definition) is 0. The first-order valence-corrected chi connectivity index (χ1v) is 13.7. The number of carbonyl (C=O) groups is 1. The SMILES string of the molecule is COc1ccc(/C=C2\CCC[C@@H]3C2=NN(C(=O)Cn2nc(C(F)(F)F)cc2C)[C@H]3c2ccc(OC)c(OC)c2)cc1OC. The molecule has 43 heavy (non-hydrogen) atoms. The van der Waals surface area contributed by atoms with Crippen molar-refractivity contribution in [2.45, 2.75) is 44.9 Å². The zero-order valence-electron chi connectivity index (χ0n) is 24.6. The number of allylic oxidation sites excluding steroid dienone is 1. The van der Waals surface area contributed by atoms with Crippen molar-refractivity contribution in [3.05, 3.63) is 70.6 Å². The molecule has 1 saturated carbocycles. The Morgan fingerprint density at radius 3 is 2.23 bits per heavy atom. The molecule has 1 fully saturated rings. The monoisotopic (exact) mass is 598 g/mol. The standard InChI is InChI=1S/C31H33F3N4O5/c1-18-13-27(31(32,33)34)35-37(18)17-28(39)38-30(21-10-12-24(41-3)26(16-21)43-5)22-8-6-7-20(29(22)36-38)14-19-9-11-23(40-2)25(15-19)42-4/h9-16,22,30H,6-8,17H2,1-5H3/b20-14+/t22-,30+/m1/s1. The van der Waals surface area contributed by atoms with Gasteiger partial charge in [-0.2, -0.15) is 23.4 Å². The molecule has 2 aromatic carbocycles. The van der Waals surface area contributed by atoms with Crippen LogP contribution in [0, 0.1) is 12.8 Å². The minimum Gasteiger partial charge on any atom is -0.493 e. The molecule has 9 nitrogen and oxygen atoms in total. The number of hydrogen-bond acceptors (Lipinski definition) is 7. The lowest BCUT2D eigenvalue weighted by atomic mass is 9.77. The van der Waals surface area contributed by atoms with Crippen molar-refractivity contribution < 1.29 is 36.9 Å². The molecule has 5 rings (SSSR count). The van der Waals surface area contributed by atoms with Crippen LogP contribution in [0.1, 0.15) is 47.8 Å². The van der Waals surface area contributed by atoms with Crippen LogP contribution in [-0.4, -0.2) is 54.8 Å². The number of nitrogens with zero attached hydrogens (tertiary/aromatic N) is 4. The maximum atomic E-state index is 13.8. The van der Waals surface area contributed by atoms with E-state index in [0.29, 0.717) is 23.0 Å². The van der Waals surface area contributed by atoms with Crippen molar-refractivity contribution in [2.75, 3.05) is 28.4 Å². The normalized spacial score (nSPS) is 19.2. The number of aryl methyl sites for hydroxylation is 1. The molecule has 0 saturated heterocycles. The number of aromatic nitrogens is 2. The minimum absolute atomic E-state index is 0.147. The fourth-order valence-electron chi connectivity index (χ4n) is 5.73. The first kappa shape index (κ1) is 30.0. The summed E-state index contributed by atoms with van der Waals surface area (Å²) in [6.45, 7) is 1.09. The van der Waals surface area contributed by atoms with Gasteiger partial charge in [-0.1, -0.05) is 12.1 Å². The molecule has 2 atom stereocenters. The van der Waals surface area contributed by atoms with Gasteiger partial charge in [0, 0.05) is 11.6 Å². The molecule has 1 aromatic heterocycles. The van der Waals surface area contributed by atoms with Crippen molar-refractivity contribution in [1.29, 1.82) is 0 Å². The van der Waals surface area contributed by atoms with Gasteiger partial charge in [0.1, 0.15) is 6.54 Å². The van der Waals surface area contributed by atoms with Crippen molar-refractivity contribution in [3.63, 3.8) is 0 Å². The molecule has 1 aliphatic carbocycles. The van der Waals surface area contributed by atoms with Crippen LogP contribution in [-0.2, 0) is 17.5 Å². The van der Waals surface area contributed by atoms with E-state index < -0.39 is 30.4 Å². The number of alkyl halides is 3. The van der Waals surface area contributed by atoms with E-state index in [1.54, 1.807) is 20.3 Å². The molecule has 228 valence electrons. The fraction of sp³-hybridized carbons (Fsp3) is 0.387. The van der Waals surface area contributed by atoms with Gasteiger partial charge < -0.3 is 18.9 Å². The average molecular weight is 599 g/mol. The highest BCUT2D eigenvalue weighted by molar-refractivity contribution is 6.08. The predicted octanol–water partition coefficient (Wildman–Crippen LogP) is 6.07. The van der Waals surface area contributed by atoms with Crippen LogP contribution in [0.25, 0.3) is 6.08 Å². The summed E-state index contributed by atoms with van der Waals surface area (Å²) in [7, 11) is 6.22. The van der Waals surface area contributed by atoms with E-state index in [0.717, 1.165) is 52.4 Å². The van der Waals surface area contributed by atoms with Crippen molar-refractivity contribution in [3.8, 4) is 23.0 Å². The largest absolute Gasteiger partial charge is 0.493 e. The Labute approximate surface area is 247 Å². The van der Waals surface area contributed by atoms with E-state index in [4.69, 9.17) is 24.0 Å². The molecule has 3 aromatic rings. The van der Waals surface area contributed by atoms with Crippen LogP contribution >= 0.6 is 0 Å². The second kappa shape index (κ2) is 12.0. The van der Waals surface area contributed by atoms with Gasteiger partial charge in [-0.15, -0.1) is 0 Å². The van der Waals surface area contributed by atoms with E-state index in [9.17, 15) is 18.0 Å². The quantitative estimate of drug-likeness (QED) is 0.313. The minimum atomic E-state index is -4.62. The van der Waals surface area contributed by atoms with E-state index in [-0.39, 0.29) is 11.6 Å². The average Bonchev–Trinajstić information content (AvgIpc) is 3.58. The molecule has 0 bridgehead atoms. The summed E-state index contributed by atoms with van der Waals surface area (Å²) in [6.07, 6.45) is -0.211. The zero-order chi connectivity index (χ0) is 30.9. The molecule has 12 heteroatoms. The Morgan fingerprint density at radius 2 is 1.60 bits per heavy atom. The highest BCUT2D eigenvalue weighted by atomic mass is 19.4. The molecular weight excluding hydrogens is 565 g/mol. The van der Waals surface area contributed by atoms with Crippen molar-refractivity contribution in [1.82, 2.24) is 14.8 Å². The number of benzene rings is 2. The van der Waals surface area contributed by atoms with Crippen LogP contribution < -0.4 is 18.9 Å². The van der Waals surface area contributed by atoms with Gasteiger partial charge in [-0.3, -0.25) is 9.48 Å². The van der Waals surface area contributed by atoms with Gasteiger partial charge in [0.05, 0.1) is 40.2 Å². The van der Waals surface area contributed by atoms with Crippen LogP contribution in [0.3, 0.4) is 0 Å². The molecule has 0 N–H and O–H groups in total. The molecule has 1 aliphatic heterocycles. The Kier molecular flexibility index (Phi) is 8.38. The molecule has 2 aliphatic rings. The summed E-state index contributed by atoms with van der Waals surface area (Å²) in [5.74, 6) is 1.60. The van der Waals surface area contributed by atoms with Gasteiger partial charge in [-0.25, -0.2) is 5.01 Å². The van der Waals surface area contributed by atoms with Crippen molar-refractivity contribution in [2.24, 2.45) is 11.0 Å². The number of rotatable bonds is 8. The number of fused-ring (bicyclic) bond motifs is 1. The third-order valence-electron chi connectivity index (χ3n) is 7.81. The lowest BCUT2D eigenvalue weighted by Crippen LogP contribution is -2.34. The van der Waals surface area contributed by atoms with E-state index in [1.807, 2.05) is 36.4 Å². The predicted molar refractivity (Wildman–Crippen MR) is 153 cm³/mol. The summed E-state index contributed by atoms with van der Waals surface area (Å²) >= 11 is 0. The van der Waals surface area contributed by atoms with Gasteiger partial charge in [0.25, 0.3) is 5.91 Å². The van der Waals surface area contributed by atoms with Crippen LogP contribution in [0.15, 0.2) is 53.1 Å². The smallest absolute Gasteiger partial charge is 0.435 e. The second-order valence-corrected chi connectivity index (χ2v) is 10.4. The van der Waals surface area contributed by atoms with E-state index in [1.165, 1.54) is 26.2 Å². The summed E-state index contributed by atoms with van der Waals surface area (Å²) in [6, 6.07) is 11.5. The van der Waals surface area contributed by atoms with Crippen molar-refractivity contribution >= 4 is 17.7 Å². The van der Waals surface area contributed by atoms with Gasteiger partial charge in [0.2, 0.25) is 0 Å². The zero-order valence-corrected chi connectivity index (χ0v) is 24.6. The molecular formula is C31H33F3N4O5. The lowest BCUT2D eigenvalue weighted by Gasteiger charge is -2.30. The summed E-state index contributed by atoms with van der Waals surface area (Å²) in [5.41, 5.74) is 2.57. The highest BCUT2D eigenvalue weighted by Gasteiger charge is 2.44. The Morgan fingerprint density at radius 1 is 0.953 bits per heavy atom. The van der Waals surface area contributed by atoms with Gasteiger partial charge >= 0.3 is 6.18 Å². The van der Waals surface area contributed by atoms with Gasteiger partial charge in [-0.05, 0) is 79.3 Å². The number of hydrazone groups is 1. The van der Waals surface area contributed by atoms with E-state index in [2.05, 4.69) is 5.10 Å². The van der Waals surface area contributed by atoms with Crippen LogP contribution in [0.2, 0.25) is 0 Å². The molecule has 1 amide bonds. The number of ether oxygens (including phenoxy) is 4. The molecule has 0 unspecified atom stereocenters. The molecule has 0 radical (unpaired) electrons. The Balaban J connectivity index is 1.55. The molecule has 0 spiro atoms. The maximum absolute atomic E-state index is 13.8. The maximum Gasteiger partial charge on any atom is 0.435 e. The summed E-state index contributed by atoms with van der Waals surface area (Å²) in [5, 5.41) is 9.89. The van der Waals surface area contributed by atoms with E-state index >= 15 is 0 Å².